The lowest BCUT2D eigenvalue weighted by Gasteiger charge is -2.22. The molecule has 4 heteroatoms. The van der Waals surface area contributed by atoms with Crippen molar-refractivity contribution < 1.29 is 0 Å². The summed E-state index contributed by atoms with van der Waals surface area (Å²) in [6, 6.07) is 14.4. The van der Waals surface area contributed by atoms with Gasteiger partial charge in [0.15, 0.2) is 5.43 Å². The third kappa shape index (κ3) is 2.65. The molecule has 25 heavy (non-hydrogen) atoms. The summed E-state index contributed by atoms with van der Waals surface area (Å²) >= 11 is 1.71. The summed E-state index contributed by atoms with van der Waals surface area (Å²) in [6.07, 6.45) is 3.30. The molecule has 2 aliphatic rings. The van der Waals surface area contributed by atoms with E-state index in [0.29, 0.717) is 5.92 Å². The zero-order valence-electron chi connectivity index (χ0n) is 14.1. The van der Waals surface area contributed by atoms with Crippen LogP contribution in [-0.4, -0.2) is 30.4 Å². The lowest BCUT2D eigenvalue weighted by Crippen LogP contribution is -2.30. The minimum absolute atomic E-state index is 0.166. The van der Waals surface area contributed by atoms with Crippen molar-refractivity contribution >= 4 is 37.3 Å². The van der Waals surface area contributed by atoms with Gasteiger partial charge in [0, 0.05) is 46.2 Å². The minimum Gasteiger partial charge on any atom is -0.360 e. The molecule has 0 amide bonds. The molecule has 1 saturated heterocycles. The number of benzene rings is 2. The molecular weight excluding hydrogens is 328 g/mol. The third-order valence-corrected chi connectivity index (χ3v) is 6.51. The average Bonchev–Trinajstić information content (AvgIpc) is 3.05. The molecule has 1 fully saturated rings. The van der Waals surface area contributed by atoms with Crippen LogP contribution in [-0.2, 0) is 6.42 Å². The largest absolute Gasteiger partial charge is 0.360 e. The predicted octanol–water partition coefficient (Wildman–Crippen LogP) is 4.08. The molecule has 1 atom stereocenters. The highest BCUT2D eigenvalue weighted by Crippen LogP contribution is 2.28. The Balaban J connectivity index is 1.49. The molecule has 1 aromatic heterocycles. The van der Waals surface area contributed by atoms with Gasteiger partial charge in [-0.15, -0.1) is 11.3 Å². The number of fused-ring (bicyclic) bond motifs is 3. The Kier molecular flexibility index (Phi) is 3.59. The molecule has 0 spiro atoms. The molecule has 2 aliphatic heterocycles. The summed E-state index contributed by atoms with van der Waals surface area (Å²) < 4.78 is 2.15. The van der Waals surface area contributed by atoms with Crippen LogP contribution in [0, 0.1) is 5.92 Å². The van der Waals surface area contributed by atoms with E-state index in [1.165, 1.54) is 17.8 Å². The number of nitrogens with zero attached hydrogens (tertiary/aromatic N) is 2. The van der Waals surface area contributed by atoms with Gasteiger partial charge in [-0.1, -0.05) is 18.2 Å². The lowest BCUT2D eigenvalue weighted by atomic mass is 9.97. The van der Waals surface area contributed by atoms with Gasteiger partial charge in [-0.05, 0) is 48.6 Å². The second-order valence-electron chi connectivity index (χ2n) is 7.13. The van der Waals surface area contributed by atoms with E-state index in [1.807, 2.05) is 24.3 Å². The zero-order valence-corrected chi connectivity index (χ0v) is 14.9. The number of hydrogen-bond acceptors (Lipinski definition) is 4. The van der Waals surface area contributed by atoms with Crippen LogP contribution in [0.3, 0.4) is 0 Å². The van der Waals surface area contributed by atoms with Crippen molar-refractivity contribution in [1.82, 2.24) is 4.90 Å². The second kappa shape index (κ2) is 5.95. The van der Waals surface area contributed by atoms with Crippen molar-refractivity contribution in [2.45, 2.75) is 19.3 Å². The summed E-state index contributed by atoms with van der Waals surface area (Å²) in [5, 5.41) is 1.71. The summed E-state index contributed by atoms with van der Waals surface area (Å²) in [5.74, 6) is 1.92. The summed E-state index contributed by atoms with van der Waals surface area (Å²) in [4.78, 5) is 20.0. The fourth-order valence-corrected chi connectivity index (χ4v) is 5.22. The van der Waals surface area contributed by atoms with Gasteiger partial charge < -0.3 is 4.90 Å². The normalized spacial score (nSPS) is 20.1. The van der Waals surface area contributed by atoms with Crippen molar-refractivity contribution in [2.75, 3.05) is 19.6 Å². The van der Waals surface area contributed by atoms with Gasteiger partial charge in [-0.2, -0.15) is 0 Å². The first-order valence-corrected chi connectivity index (χ1v) is 9.82. The molecule has 0 radical (unpaired) electrons. The van der Waals surface area contributed by atoms with Crippen molar-refractivity contribution in [3.05, 3.63) is 58.3 Å². The first kappa shape index (κ1) is 15.1. The lowest BCUT2D eigenvalue weighted by molar-refractivity contribution is 0.384. The first-order chi connectivity index (χ1) is 12.3. The van der Waals surface area contributed by atoms with E-state index >= 15 is 0 Å². The Labute approximate surface area is 150 Å². The van der Waals surface area contributed by atoms with E-state index in [0.717, 1.165) is 52.6 Å². The topological polar surface area (TPSA) is 32.7 Å². The quantitative estimate of drug-likeness (QED) is 0.654. The Morgan fingerprint density at radius 3 is 2.92 bits per heavy atom. The zero-order chi connectivity index (χ0) is 16.8. The Bertz CT molecular complexity index is 1050. The van der Waals surface area contributed by atoms with Crippen molar-refractivity contribution in [1.29, 1.82) is 0 Å². The highest BCUT2D eigenvalue weighted by Gasteiger charge is 2.29. The number of rotatable bonds is 2. The fraction of sp³-hybridized carbons (Fsp3) is 0.333. The van der Waals surface area contributed by atoms with E-state index in [1.54, 1.807) is 11.3 Å². The monoisotopic (exact) mass is 348 g/mol. The molecule has 0 bridgehead atoms. The second-order valence-corrected chi connectivity index (χ2v) is 8.21. The van der Waals surface area contributed by atoms with E-state index in [4.69, 9.17) is 0 Å². The maximum atomic E-state index is 12.9. The molecule has 0 aliphatic carbocycles. The molecule has 0 N–H and O–H groups in total. The Morgan fingerprint density at radius 1 is 1.12 bits per heavy atom. The maximum Gasteiger partial charge on any atom is 0.195 e. The van der Waals surface area contributed by atoms with Crippen molar-refractivity contribution in [3.63, 3.8) is 0 Å². The van der Waals surface area contributed by atoms with Crippen LogP contribution in [0.2, 0.25) is 0 Å². The van der Waals surface area contributed by atoms with Crippen LogP contribution in [0.5, 0.6) is 0 Å². The molecule has 126 valence electrons. The van der Waals surface area contributed by atoms with Crippen molar-refractivity contribution in [2.24, 2.45) is 10.9 Å². The van der Waals surface area contributed by atoms with E-state index in [-0.39, 0.29) is 5.43 Å². The number of aliphatic imine (C=N–C) groups is 1. The molecule has 3 nitrogen and oxygen atoms in total. The molecule has 3 heterocycles. The van der Waals surface area contributed by atoms with Gasteiger partial charge >= 0.3 is 0 Å². The van der Waals surface area contributed by atoms with E-state index in [9.17, 15) is 4.79 Å². The van der Waals surface area contributed by atoms with Crippen LogP contribution in [0.25, 0.3) is 20.2 Å². The van der Waals surface area contributed by atoms with Gasteiger partial charge in [0.25, 0.3) is 0 Å². The highest BCUT2D eigenvalue weighted by atomic mass is 32.1. The van der Waals surface area contributed by atoms with Crippen LogP contribution in [0.1, 0.15) is 18.4 Å². The number of hydrogen-bond donors (Lipinski definition) is 0. The van der Waals surface area contributed by atoms with Gasteiger partial charge in [0.2, 0.25) is 0 Å². The predicted molar refractivity (Wildman–Crippen MR) is 106 cm³/mol. The van der Waals surface area contributed by atoms with Crippen LogP contribution in [0.4, 0.5) is 0 Å². The Hall–Kier alpha value is -2.20. The third-order valence-electron chi connectivity index (χ3n) is 5.36. The van der Waals surface area contributed by atoms with E-state index in [2.05, 4.69) is 28.1 Å². The maximum absolute atomic E-state index is 12.9. The van der Waals surface area contributed by atoms with Crippen LogP contribution in [0.15, 0.2) is 52.3 Å². The molecule has 5 rings (SSSR count). The molecule has 3 aromatic rings. The Morgan fingerprint density at radius 2 is 2.00 bits per heavy atom. The molecular formula is C21H20N2OS. The van der Waals surface area contributed by atoms with E-state index < -0.39 is 0 Å². The van der Waals surface area contributed by atoms with Gasteiger partial charge in [-0.25, -0.2) is 0 Å². The molecule has 2 aromatic carbocycles. The smallest absolute Gasteiger partial charge is 0.195 e. The summed E-state index contributed by atoms with van der Waals surface area (Å²) in [5.41, 5.74) is 1.44. The van der Waals surface area contributed by atoms with Gasteiger partial charge in [0.05, 0.1) is 5.84 Å². The van der Waals surface area contributed by atoms with Gasteiger partial charge in [0.1, 0.15) is 0 Å². The molecule has 1 unspecified atom stereocenters. The number of amidine groups is 1. The molecule has 0 saturated carbocycles. The first-order valence-electron chi connectivity index (χ1n) is 9.01. The van der Waals surface area contributed by atoms with Gasteiger partial charge in [-0.3, -0.25) is 9.79 Å². The van der Waals surface area contributed by atoms with Crippen molar-refractivity contribution in [3.8, 4) is 0 Å². The summed E-state index contributed by atoms with van der Waals surface area (Å²) in [7, 11) is 0. The SMILES string of the molecule is O=c1c2ccccc2sc2ccc(CC3CC4=NCCCN4C3)cc12. The van der Waals surface area contributed by atoms with Crippen LogP contribution < -0.4 is 5.43 Å². The summed E-state index contributed by atoms with van der Waals surface area (Å²) in [6.45, 7) is 3.26. The average molecular weight is 348 g/mol. The van der Waals surface area contributed by atoms with Crippen LogP contribution >= 0.6 is 11.3 Å². The highest BCUT2D eigenvalue weighted by molar-refractivity contribution is 7.24. The standard InChI is InChI=1S/C21H20N2OS/c24-21-16-4-1-2-5-18(16)25-19-7-6-14(11-17(19)21)10-15-12-20-22-8-3-9-23(20)13-15/h1-2,4-7,11,15H,3,8-10,12-13H2. The fourth-order valence-electron chi connectivity index (χ4n) is 4.17. The minimum atomic E-state index is 0.166.